The van der Waals surface area contributed by atoms with E-state index in [-0.39, 0.29) is 18.4 Å². The zero-order valence-electron chi connectivity index (χ0n) is 7.18. The molecule has 0 amide bonds. The van der Waals surface area contributed by atoms with Gasteiger partial charge in [0.1, 0.15) is 0 Å². The Bertz CT molecular complexity index is 291. The van der Waals surface area contributed by atoms with Gasteiger partial charge in [0, 0.05) is 12.0 Å². The van der Waals surface area contributed by atoms with Crippen molar-refractivity contribution < 1.29 is 15.0 Å². The number of hydrogen-bond donors (Lipinski definition) is 2. The lowest BCUT2D eigenvalue weighted by molar-refractivity contribution is -0.131. The average molecular weight is 180 g/mol. The Hall–Kier alpha value is -1.09. The molecule has 3 nitrogen and oxygen atoms in total. The van der Waals surface area contributed by atoms with Crippen molar-refractivity contribution in [1.29, 1.82) is 0 Å². The van der Waals surface area contributed by atoms with E-state index in [2.05, 4.69) is 6.08 Å². The highest BCUT2D eigenvalue weighted by atomic mass is 16.4. The van der Waals surface area contributed by atoms with Crippen LogP contribution in [0.15, 0.2) is 23.8 Å². The molecule has 0 aliphatic heterocycles. The van der Waals surface area contributed by atoms with Gasteiger partial charge in [-0.1, -0.05) is 17.7 Å². The van der Waals surface area contributed by atoms with Crippen LogP contribution in [0, 0.1) is 17.8 Å². The van der Waals surface area contributed by atoms with Crippen molar-refractivity contribution in [3.8, 4) is 0 Å². The van der Waals surface area contributed by atoms with Crippen molar-refractivity contribution in [2.24, 2.45) is 17.8 Å². The first-order valence-electron chi connectivity index (χ1n) is 4.46. The fourth-order valence-electron chi connectivity index (χ4n) is 2.39. The molecule has 2 aliphatic rings. The van der Waals surface area contributed by atoms with E-state index in [9.17, 15) is 4.79 Å². The van der Waals surface area contributed by atoms with Crippen molar-refractivity contribution in [3.63, 3.8) is 0 Å². The lowest BCUT2D eigenvalue weighted by Gasteiger charge is -2.18. The summed E-state index contributed by atoms with van der Waals surface area (Å²) in [4.78, 5) is 10.5. The maximum atomic E-state index is 10.5. The number of aliphatic hydroxyl groups is 1. The van der Waals surface area contributed by atoms with Gasteiger partial charge >= 0.3 is 5.97 Å². The molecule has 1 fully saturated rings. The monoisotopic (exact) mass is 180 g/mol. The maximum Gasteiger partial charge on any atom is 0.328 e. The van der Waals surface area contributed by atoms with Gasteiger partial charge in [-0.2, -0.15) is 0 Å². The van der Waals surface area contributed by atoms with E-state index in [1.165, 1.54) is 6.08 Å². The van der Waals surface area contributed by atoms with E-state index >= 15 is 0 Å². The summed E-state index contributed by atoms with van der Waals surface area (Å²) in [5, 5.41) is 17.7. The zero-order valence-corrected chi connectivity index (χ0v) is 7.18. The lowest BCUT2D eigenvalue weighted by atomic mass is 9.89. The molecule has 2 rings (SSSR count). The SMILES string of the molecule is O=C(O)/C=C1/[C@@H]2C=C[C@@H](C2)[C@@H]1CO. The third-order valence-corrected chi connectivity index (χ3v) is 2.98. The van der Waals surface area contributed by atoms with Crippen LogP contribution in [0.25, 0.3) is 0 Å². The fraction of sp³-hybridized carbons (Fsp3) is 0.500. The summed E-state index contributed by atoms with van der Waals surface area (Å²) in [6.45, 7) is 0.0601. The molecule has 2 aliphatic carbocycles. The van der Waals surface area contributed by atoms with E-state index < -0.39 is 5.97 Å². The molecule has 1 saturated carbocycles. The molecule has 13 heavy (non-hydrogen) atoms. The van der Waals surface area contributed by atoms with Gasteiger partial charge in [-0.3, -0.25) is 0 Å². The Labute approximate surface area is 76.4 Å². The summed E-state index contributed by atoms with van der Waals surface area (Å²) in [5.74, 6) is -0.237. The van der Waals surface area contributed by atoms with Gasteiger partial charge in [0.2, 0.25) is 0 Å². The molecular formula is C10H12O3. The molecule has 0 saturated heterocycles. The number of carboxylic acid groups (broad SMARTS) is 1. The molecular weight excluding hydrogens is 168 g/mol. The molecule has 2 bridgehead atoms. The number of hydrogen-bond acceptors (Lipinski definition) is 2. The topological polar surface area (TPSA) is 57.5 Å². The number of allylic oxidation sites excluding steroid dienone is 2. The van der Waals surface area contributed by atoms with Gasteiger partial charge in [0.05, 0.1) is 6.61 Å². The second-order valence-electron chi connectivity index (χ2n) is 3.66. The van der Waals surface area contributed by atoms with E-state index in [1.54, 1.807) is 0 Å². The molecule has 0 aromatic carbocycles. The molecule has 3 heteroatoms. The highest BCUT2D eigenvalue weighted by molar-refractivity contribution is 5.81. The Morgan fingerprint density at radius 2 is 2.38 bits per heavy atom. The highest BCUT2D eigenvalue weighted by Gasteiger charge is 2.39. The fourth-order valence-corrected chi connectivity index (χ4v) is 2.39. The summed E-state index contributed by atoms with van der Waals surface area (Å²) in [7, 11) is 0. The van der Waals surface area contributed by atoms with Crippen LogP contribution in [-0.4, -0.2) is 22.8 Å². The van der Waals surface area contributed by atoms with Gasteiger partial charge in [-0.05, 0) is 18.3 Å². The van der Waals surface area contributed by atoms with E-state index in [0.29, 0.717) is 5.92 Å². The number of aliphatic carboxylic acids is 1. The highest BCUT2D eigenvalue weighted by Crippen LogP contribution is 2.47. The minimum absolute atomic E-state index is 0.0473. The van der Waals surface area contributed by atoms with Crippen LogP contribution in [0.2, 0.25) is 0 Å². The van der Waals surface area contributed by atoms with E-state index in [0.717, 1.165) is 12.0 Å². The van der Waals surface area contributed by atoms with E-state index in [4.69, 9.17) is 10.2 Å². The normalized spacial score (nSPS) is 38.8. The van der Waals surface area contributed by atoms with Gasteiger partial charge < -0.3 is 10.2 Å². The van der Waals surface area contributed by atoms with Crippen LogP contribution in [0.4, 0.5) is 0 Å². The van der Waals surface area contributed by atoms with Crippen molar-refractivity contribution in [2.45, 2.75) is 6.42 Å². The third kappa shape index (κ3) is 1.29. The molecule has 70 valence electrons. The van der Waals surface area contributed by atoms with Crippen LogP contribution in [0.5, 0.6) is 0 Å². The first-order valence-corrected chi connectivity index (χ1v) is 4.46. The standard InChI is InChI=1S/C10H12O3/c11-5-9-7-2-1-6(3-7)8(9)4-10(12)13/h1-2,4,6-7,9,11H,3,5H2,(H,12,13)/b8-4-/t6-,7+,9+/m1/s1. The minimum atomic E-state index is -0.908. The Balaban J connectivity index is 2.28. The average Bonchev–Trinajstić information content (AvgIpc) is 2.62. The van der Waals surface area contributed by atoms with Crippen LogP contribution in [0.1, 0.15) is 6.42 Å². The number of rotatable bonds is 2. The summed E-state index contributed by atoms with van der Waals surface area (Å²) in [5.41, 5.74) is 0.891. The Kier molecular flexibility index (Phi) is 1.96. The second kappa shape index (κ2) is 3.00. The lowest BCUT2D eigenvalue weighted by Crippen LogP contribution is -2.15. The molecule has 0 radical (unpaired) electrons. The maximum absolute atomic E-state index is 10.5. The van der Waals surface area contributed by atoms with Crippen molar-refractivity contribution in [3.05, 3.63) is 23.8 Å². The summed E-state index contributed by atoms with van der Waals surface area (Å²) < 4.78 is 0. The van der Waals surface area contributed by atoms with E-state index in [1.807, 2.05) is 6.08 Å². The molecule has 2 N–H and O–H groups in total. The number of aliphatic hydroxyl groups excluding tert-OH is 1. The van der Waals surface area contributed by atoms with Gasteiger partial charge in [-0.25, -0.2) is 4.79 Å². The van der Waals surface area contributed by atoms with Gasteiger partial charge in [-0.15, -0.1) is 0 Å². The predicted molar refractivity (Wildman–Crippen MR) is 47.0 cm³/mol. The quantitative estimate of drug-likeness (QED) is 0.488. The Morgan fingerprint density at radius 1 is 1.62 bits per heavy atom. The van der Waals surface area contributed by atoms with Gasteiger partial charge in [0.15, 0.2) is 0 Å². The van der Waals surface area contributed by atoms with Crippen LogP contribution >= 0.6 is 0 Å². The van der Waals surface area contributed by atoms with Gasteiger partial charge in [0.25, 0.3) is 0 Å². The third-order valence-electron chi connectivity index (χ3n) is 2.98. The van der Waals surface area contributed by atoms with Crippen LogP contribution in [0.3, 0.4) is 0 Å². The second-order valence-corrected chi connectivity index (χ2v) is 3.66. The number of fused-ring (bicyclic) bond motifs is 2. The van der Waals surface area contributed by atoms with Crippen molar-refractivity contribution in [1.82, 2.24) is 0 Å². The Morgan fingerprint density at radius 3 is 3.00 bits per heavy atom. The first kappa shape index (κ1) is 8.51. The minimum Gasteiger partial charge on any atom is -0.478 e. The molecule has 0 aromatic heterocycles. The largest absolute Gasteiger partial charge is 0.478 e. The summed E-state index contributed by atoms with van der Waals surface area (Å²) in [6.07, 6.45) is 6.37. The van der Waals surface area contributed by atoms with Crippen molar-refractivity contribution in [2.75, 3.05) is 6.61 Å². The first-order chi connectivity index (χ1) is 6.22. The van der Waals surface area contributed by atoms with Crippen LogP contribution in [-0.2, 0) is 4.79 Å². The van der Waals surface area contributed by atoms with Crippen LogP contribution < -0.4 is 0 Å². The summed E-state index contributed by atoms with van der Waals surface area (Å²) in [6, 6.07) is 0. The molecule has 0 heterocycles. The molecule has 0 unspecified atom stereocenters. The predicted octanol–water partition coefficient (Wildman–Crippen LogP) is 0.812. The summed E-state index contributed by atoms with van der Waals surface area (Å²) >= 11 is 0. The zero-order chi connectivity index (χ0) is 9.42. The van der Waals surface area contributed by atoms with Crippen molar-refractivity contribution >= 4 is 5.97 Å². The smallest absolute Gasteiger partial charge is 0.328 e. The number of carbonyl (C=O) groups is 1. The molecule has 0 spiro atoms. The molecule has 0 aromatic rings. The molecule has 3 atom stereocenters. The number of carboxylic acids is 1.